The number of benzene rings is 1. The van der Waals surface area contributed by atoms with Crippen LogP contribution in [0, 0.1) is 19.7 Å². The fourth-order valence-corrected chi connectivity index (χ4v) is 4.37. The molecule has 0 saturated heterocycles. The molecule has 0 aliphatic rings. The van der Waals surface area contributed by atoms with Gasteiger partial charge >= 0.3 is 0 Å². The second kappa shape index (κ2) is 7.24. The number of aryl methyl sites for hydroxylation is 1. The Labute approximate surface area is 157 Å². The Bertz CT molecular complexity index is 1070. The topological polar surface area (TPSA) is 81.2 Å². The van der Waals surface area contributed by atoms with Gasteiger partial charge in [-0.3, -0.25) is 4.68 Å². The molecule has 2 heterocycles. The Balaban J connectivity index is 1.91. The Morgan fingerprint density at radius 2 is 2.04 bits per heavy atom. The van der Waals surface area contributed by atoms with Crippen molar-refractivity contribution in [2.45, 2.75) is 32.2 Å². The van der Waals surface area contributed by atoms with Gasteiger partial charge < -0.3 is 4.42 Å². The molecule has 1 aromatic carbocycles. The van der Waals surface area contributed by atoms with Crippen molar-refractivity contribution < 1.29 is 17.2 Å². The molecule has 0 unspecified atom stereocenters. The van der Waals surface area contributed by atoms with Gasteiger partial charge in [-0.05, 0) is 32.0 Å². The van der Waals surface area contributed by atoms with Gasteiger partial charge in [-0.1, -0.05) is 13.0 Å². The quantitative estimate of drug-likeness (QED) is 0.644. The molecule has 2 aromatic heterocycles. The third-order valence-electron chi connectivity index (χ3n) is 4.36. The zero-order chi connectivity index (χ0) is 19.8. The first kappa shape index (κ1) is 19.2. The van der Waals surface area contributed by atoms with Crippen LogP contribution >= 0.6 is 0 Å². The van der Waals surface area contributed by atoms with E-state index in [1.165, 1.54) is 29.7 Å². The third-order valence-corrected chi connectivity index (χ3v) is 6.55. The summed E-state index contributed by atoms with van der Waals surface area (Å²) in [6.45, 7) is 5.77. The summed E-state index contributed by atoms with van der Waals surface area (Å²) in [6, 6.07) is 5.97. The molecule has 0 N–H and O–H groups in total. The molecule has 7 nitrogen and oxygen atoms in total. The van der Waals surface area contributed by atoms with E-state index < -0.39 is 10.0 Å². The summed E-state index contributed by atoms with van der Waals surface area (Å²) >= 11 is 0. The van der Waals surface area contributed by atoms with Crippen molar-refractivity contribution in [3.63, 3.8) is 0 Å². The zero-order valence-corrected chi connectivity index (χ0v) is 16.4. The normalized spacial score (nSPS) is 12.1. The summed E-state index contributed by atoms with van der Waals surface area (Å²) in [7, 11) is -2.06. The van der Waals surface area contributed by atoms with Gasteiger partial charge in [0.25, 0.3) is 0 Å². The molecule has 3 rings (SSSR count). The first-order valence-corrected chi connectivity index (χ1v) is 9.88. The molecule has 3 aromatic rings. The number of halogens is 1. The lowest BCUT2D eigenvalue weighted by Crippen LogP contribution is -2.27. The second-order valence-electron chi connectivity index (χ2n) is 6.23. The smallest absolute Gasteiger partial charge is 0.246 e. The zero-order valence-electron chi connectivity index (χ0n) is 15.6. The first-order valence-electron chi connectivity index (χ1n) is 8.44. The van der Waals surface area contributed by atoms with Crippen LogP contribution in [0.15, 0.2) is 39.8 Å². The van der Waals surface area contributed by atoms with E-state index in [0.717, 1.165) is 0 Å². The van der Waals surface area contributed by atoms with Crippen molar-refractivity contribution >= 4 is 10.0 Å². The van der Waals surface area contributed by atoms with E-state index in [9.17, 15) is 12.8 Å². The minimum atomic E-state index is -3.60. The standard InChI is InChI=1S/C18H21FN4O3S/c1-5-22(4)27(24,25)17-12(2)21-23(13(17)3)10-16-11-26-18(20-16)14-7-6-8-15(19)9-14/h6-9,11H,5,10H2,1-4H3. The maximum Gasteiger partial charge on any atom is 0.246 e. The Morgan fingerprint density at radius 1 is 1.30 bits per heavy atom. The van der Waals surface area contributed by atoms with E-state index in [1.807, 2.05) is 0 Å². The van der Waals surface area contributed by atoms with Crippen LogP contribution in [-0.4, -0.2) is 41.1 Å². The highest BCUT2D eigenvalue weighted by Crippen LogP contribution is 2.24. The van der Waals surface area contributed by atoms with Gasteiger partial charge in [0.1, 0.15) is 22.7 Å². The average Bonchev–Trinajstić information content (AvgIpc) is 3.19. The van der Waals surface area contributed by atoms with Crippen LogP contribution in [0.4, 0.5) is 4.39 Å². The summed E-state index contributed by atoms with van der Waals surface area (Å²) in [5, 5.41) is 4.35. The molecule has 0 aliphatic heterocycles. The average molecular weight is 392 g/mol. The molecule has 0 fully saturated rings. The minimum absolute atomic E-state index is 0.209. The predicted molar refractivity (Wildman–Crippen MR) is 98.2 cm³/mol. The van der Waals surface area contributed by atoms with Crippen molar-refractivity contribution in [2.24, 2.45) is 0 Å². The van der Waals surface area contributed by atoms with Crippen molar-refractivity contribution in [2.75, 3.05) is 13.6 Å². The Hall–Kier alpha value is -2.52. The second-order valence-corrected chi connectivity index (χ2v) is 8.21. The fraction of sp³-hybridized carbons (Fsp3) is 0.333. The summed E-state index contributed by atoms with van der Waals surface area (Å²) < 4.78 is 47.1. The Morgan fingerprint density at radius 3 is 2.70 bits per heavy atom. The van der Waals surface area contributed by atoms with Crippen LogP contribution in [0.25, 0.3) is 11.5 Å². The van der Waals surface area contributed by atoms with Crippen LogP contribution < -0.4 is 0 Å². The van der Waals surface area contributed by atoms with Gasteiger partial charge in [0.05, 0.1) is 17.9 Å². The number of oxazole rings is 1. The van der Waals surface area contributed by atoms with Crippen molar-refractivity contribution in [3.05, 3.63) is 53.4 Å². The lowest BCUT2D eigenvalue weighted by atomic mass is 10.2. The van der Waals surface area contributed by atoms with Crippen LogP contribution in [-0.2, 0) is 16.6 Å². The van der Waals surface area contributed by atoms with Crippen molar-refractivity contribution in [1.82, 2.24) is 19.1 Å². The number of hydrogen-bond donors (Lipinski definition) is 0. The van der Waals surface area contributed by atoms with Crippen molar-refractivity contribution in [1.29, 1.82) is 0 Å². The van der Waals surface area contributed by atoms with Crippen LogP contribution in [0.3, 0.4) is 0 Å². The first-order chi connectivity index (χ1) is 12.7. The highest BCUT2D eigenvalue weighted by molar-refractivity contribution is 7.89. The van der Waals surface area contributed by atoms with E-state index >= 15 is 0 Å². The van der Waals surface area contributed by atoms with Gasteiger partial charge in [-0.15, -0.1) is 0 Å². The molecular formula is C18H21FN4O3S. The van der Waals surface area contributed by atoms with E-state index in [1.54, 1.807) is 37.6 Å². The lowest BCUT2D eigenvalue weighted by molar-refractivity contribution is 0.485. The molecular weight excluding hydrogens is 371 g/mol. The number of rotatable bonds is 6. The SMILES string of the molecule is CCN(C)S(=O)(=O)c1c(C)nn(Cc2coc(-c3cccc(F)c3)n2)c1C. The van der Waals surface area contributed by atoms with Crippen molar-refractivity contribution in [3.8, 4) is 11.5 Å². The van der Waals surface area contributed by atoms with E-state index in [4.69, 9.17) is 4.42 Å². The predicted octanol–water partition coefficient (Wildman–Crippen LogP) is 2.98. The summed E-state index contributed by atoms with van der Waals surface area (Å²) in [4.78, 5) is 4.57. The molecule has 0 aliphatic carbocycles. The van der Waals surface area contributed by atoms with Crippen LogP contribution in [0.1, 0.15) is 24.0 Å². The van der Waals surface area contributed by atoms with E-state index in [0.29, 0.717) is 35.1 Å². The van der Waals surface area contributed by atoms with Gasteiger partial charge in [0.15, 0.2) is 0 Å². The highest BCUT2D eigenvalue weighted by Gasteiger charge is 2.28. The largest absolute Gasteiger partial charge is 0.444 e. The number of aromatic nitrogens is 3. The third kappa shape index (κ3) is 3.65. The minimum Gasteiger partial charge on any atom is -0.444 e. The molecule has 0 spiro atoms. The summed E-state index contributed by atoms with van der Waals surface area (Å²) in [5.41, 5.74) is 2.06. The molecule has 9 heteroatoms. The molecule has 0 saturated carbocycles. The highest BCUT2D eigenvalue weighted by atomic mass is 32.2. The summed E-state index contributed by atoms with van der Waals surface area (Å²) in [5.74, 6) is -0.0784. The number of nitrogens with zero attached hydrogens (tertiary/aromatic N) is 4. The fourth-order valence-electron chi connectivity index (χ4n) is 2.82. The molecule has 0 bridgehead atoms. The Kier molecular flexibility index (Phi) is 5.16. The van der Waals surface area contributed by atoms with Gasteiger partial charge in [0.2, 0.25) is 15.9 Å². The van der Waals surface area contributed by atoms with Gasteiger partial charge in [0, 0.05) is 19.2 Å². The summed E-state index contributed by atoms with van der Waals surface area (Å²) in [6.07, 6.45) is 1.46. The molecule has 144 valence electrons. The van der Waals surface area contributed by atoms with Crippen LogP contribution in [0.2, 0.25) is 0 Å². The van der Waals surface area contributed by atoms with E-state index in [2.05, 4.69) is 10.1 Å². The molecule has 0 radical (unpaired) electrons. The maximum absolute atomic E-state index is 13.4. The lowest BCUT2D eigenvalue weighted by Gasteiger charge is -2.15. The van der Waals surface area contributed by atoms with E-state index in [-0.39, 0.29) is 17.3 Å². The molecule has 0 amide bonds. The van der Waals surface area contributed by atoms with Gasteiger partial charge in [-0.2, -0.15) is 5.10 Å². The molecule has 0 atom stereocenters. The molecule has 27 heavy (non-hydrogen) atoms. The monoisotopic (exact) mass is 392 g/mol. The van der Waals surface area contributed by atoms with Gasteiger partial charge in [-0.25, -0.2) is 22.1 Å². The number of hydrogen-bond acceptors (Lipinski definition) is 5. The maximum atomic E-state index is 13.4. The number of sulfonamides is 1. The van der Waals surface area contributed by atoms with Crippen LogP contribution in [0.5, 0.6) is 0 Å².